The predicted molar refractivity (Wildman–Crippen MR) is 134 cm³/mol. The summed E-state index contributed by atoms with van der Waals surface area (Å²) in [7, 11) is 0. The summed E-state index contributed by atoms with van der Waals surface area (Å²) in [6, 6.07) is 4.28. The topological polar surface area (TPSA) is 68.2 Å². The molecular formula is C23H24ClFN4O2S2. The van der Waals surface area contributed by atoms with Crippen LogP contribution in [0.2, 0.25) is 5.02 Å². The van der Waals surface area contributed by atoms with Crippen molar-refractivity contribution < 1.29 is 13.9 Å². The molecule has 1 aliphatic carbocycles. The van der Waals surface area contributed by atoms with E-state index in [1.54, 1.807) is 41.4 Å². The number of aromatic nitrogens is 2. The Morgan fingerprint density at radius 2 is 2.12 bits per heavy atom. The van der Waals surface area contributed by atoms with E-state index in [9.17, 15) is 9.18 Å². The number of carbonyl (C=O) groups excluding carboxylic acids is 1. The van der Waals surface area contributed by atoms with E-state index in [-0.39, 0.29) is 11.8 Å². The minimum Gasteiger partial charge on any atom is -0.462 e. The van der Waals surface area contributed by atoms with E-state index in [0.29, 0.717) is 39.5 Å². The second-order valence-electron chi connectivity index (χ2n) is 7.73. The Labute approximate surface area is 206 Å². The lowest BCUT2D eigenvalue weighted by Gasteiger charge is -2.10. The van der Waals surface area contributed by atoms with Crippen LogP contribution in [-0.4, -0.2) is 27.5 Å². The largest absolute Gasteiger partial charge is 0.462 e. The molecular weight excluding hydrogens is 483 g/mol. The number of fused-ring (bicyclic) bond motifs is 1. The summed E-state index contributed by atoms with van der Waals surface area (Å²) < 4.78 is 20.3. The fourth-order valence-electron chi connectivity index (χ4n) is 3.85. The average molecular weight is 507 g/mol. The molecule has 0 spiro atoms. The average Bonchev–Trinajstić information content (AvgIpc) is 3.26. The molecule has 33 heavy (non-hydrogen) atoms. The molecule has 0 unspecified atom stereocenters. The van der Waals surface area contributed by atoms with Crippen LogP contribution in [0.1, 0.15) is 52.5 Å². The highest BCUT2D eigenvalue weighted by molar-refractivity contribution is 7.80. The minimum absolute atomic E-state index is 0.314. The van der Waals surface area contributed by atoms with Crippen molar-refractivity contribution in [2.75, 3.05) is 17.2 Å². The number of benzene rings is 1. The number of nitrogens with zero attached hydrogens (tertiary/aromatic N) is 2. The van der Waals surface area contributed by atoms with E-state index in [4.69, 9.17) is 28.6 Å². The van der Waals surface area contributed by atoms with E-state index < -0.39 is 0 Å². The number of halogens is 2. The van der Waals surface area contributed by atoms with Gasteiger partial charge in [-0.3, -0.25) is 4.68 Å². The molecule has 0 radical (unpaired) electrons. The molecule has 2 heterocycles. The summed E-state index contributed by atoms with van der Waals surface area (Å²) in [5, 5.41) is 12.0. The molecule has 10 heteroatoms. The van der Waals surface area contributed by atoms with Crippen LogP contribution in [0.4, 0.5) is 15.1 Å². The lowest BCUT2D eigenvalue weighted by Crippen LogP contribution is -2.20. The Morgan fingerprint density at radius 1 is 1.30 bits per heavy atom. The van der Waals surface area contributed by atoms with E-state index in [0.717, 1.165) is 36.8 Å². The summed E-state index contributed by atoms with van der Waals surface area (Å²) in [5.41, 5.74) is 3.13. The van der Waals surface area contributed by atoms with Crippen molar-refractivity contribution >= 4 is 56.9 Å². The van der Waals surface area contributed by atoms with Crippen LogP contribution in [0.15, 0.2) is 30.6 Å². The van der Waals surface area contributed by atoms with Gasteiger partial charge in [0.2, 0.25) is 0 Å². The van der Waals surface area contributed by atoms with Gasteiger partial charge in [0.15, 0.2) is 5.11 Å². The number of hydrogen-bond donors (Lipinski definition) is 2. The fourth-order valence-corrected chi connectivity index (χ4v) is 5.65. The molecule has 0 fully saturated rings. The molecule has 2 aromatic heterocycles. The number of anilines is 2. The van der Waals surface area contributed by atoms with E-state index in [1.807, 2.05) is 0 Å². The fraction of sp³-hybridized carbons (Fsp3) is 0.348. The molecule has 0 amide bonds. The lowest BCUT2D eigenvalue weighted by molar-refractivity contribution is 0.0527. The van der Waals surface area contributed by atoms with E-state index >= 15 is 0 Å². The lowest BCUT2D eigenvalue weighted by atomic mass is 10.1. The van der Waals surface area contributed by atoms with Crippen LogP contribution < -0.4 is 10.6 Å². The first-order valence-corrected chi connectivity index (χ1v) is 12.4. The number of thiocarbonyl (C=S) groups is 1. The van der Waals surface area contributed by atoms with Crippen LogP contribution in [0.3, 0.4) is 0 Å². The number of ether oxygens (including phenoxy) is 1. The van der Waals surface area contributed by atoms with Crippen LogP contribution in [0.25, 0.3) is 0 Å². The van der Waals surface area contributed by atoms with Crippen molar-refractivity contribution in [3.05, 3.63) is 63.0 Å². The highest BCUT2D eigenvalue weighted by Crippen LogP contribution is 2.38. The molecule has 3 aromatic rings. The Bertz CT molecular complexity index is 1180. The number of carbonyl (C=O) groups is 1. The zero-order valence-electron chi connectivity index (χ0n) is 18.1. The third-order valence-electron chi connectivity index (χ3n) is 5.37. The van der Waals surface area contributed by atoms with E-state index in [2.05, 4.69) is 15.7 Å². The monoisotopic (exact) mass is 506 g/mol. The Morgan fingerprint density at radius 3 is 2.91 bits per heavy atom. The van der Waals surface area contributed by atoms with Crippen molar-refractivity contribution in [3.8, 4) is 0 Å². The molecule has 1 aliphatic rings. The van der Waals surface area contributed by atoms with Gasteiger partial charge in [-0.15, -0.1) is 11.3 Å². The molecule has 0 saturated heterocycles. The van der Waals surface area contributed by atoms with Crippen molar-refractivity contribution in [3.63, 3.8) is 0 Å². The number of rotatable bonds is 6. The summed E-state index contributed by atoms with van der Waals surface area (Å²) >= 11 is 13.2. The zero-order valence-corrected chi connectivity index (χ0v) is 20.5. The smallest absolute Gasteiger partial charge is 0.341 e. The molecule has 0 saturated carbocycles. The maximum absolute atomic E-state index is 13.3. The number of nitrogens with one attached hydrogen (secondary N) is 2. The van der Waals surface area contributed by atoms with Gasteiger partial charge in [0.1, 0.15) is 10.8 Å². The Hall–Kier alpha value is -2.49. The zero-order chi connectivity index (χ0) is 23.4. The maximum Gasteiger partial charge on any atom is 0.341 e. The Balaban J connectivity index is 1.46. The normalized spacial score (nSPS) is 13.2. The molecule has 1 aromatic carbocycles. The van der Waals surface area contributed by atoms with Gasteiger partial charge in [0, 0.05) is 16.1 Å². The maximum atomic E-state index is 13.3. The van der Waals surface area contributed by atoms with Crippen molar-refractivity contribution in [2.45, 2.75) is 45.6 Å². The molecule has 0 atom stereocenters. The first kappa shape index (κ1) is 23.7. The van der Waals surface area contributed by atoms with Crippen LogP contribution in [0.5, 0.6) is 0 Å². The number of thiophene rings is 1. The van der Waals surface area contributed by atoms with Crippen LogP contribution in [0, 0.1) is 5.82 Å². The second-order valence-corrected chi connectivity index (χ2v) is 9.65. The molecule has 0 bridgehead atoms. The van der Waals surface area contributed by atoms with Crippen molar-refractivity contribution in [2.24, 2.45) is 0 Å². The van der Waals surface area contributed by atoms with Crippen molar-refractivity contribution in [1.29, 1.82) is 0 Å². The number of hydrogen-bond acceptors (Lipinski definition) is 5. The first-order chi connectivity index (χ1) is 15.9. The minimum atomic E-state index is -0.379. The molecule has 6 nitrogen and oxygen atoms in total. The SMILES string of the molecule is CCOC(=O)c1c(NC(=S)Nc2cnn(Cc3ccc(F)cc3Cl)c2)sc2c1CCCCC2. The molecule has 2 N–H and O–H groups in total. The van der Waals surface area contributed by atoms with Crippen LogP contribution >= 0.6 is 35.2 Å². The summed E-state index contributed by atoms with van der Waals surface area (Å²) in [6.07, 6.45) is 8.61. The second kappa shape index (κ2) is 10.6. The van der Waals surface area contributed by atoms with Gasteiger partial charge in [0.05, 0.1) is 30.6 Å². The van der Waals surface area contributed by atoms with Gasteiger partial charge >= 0.3 is 5.97 Å². The number of esters is 1. The van der Waals surface area contributed by atoms with Gasteiger partial charge in [-0.25, -0.2) is 9.18 Å². The summed E-state index contributed by atoms with van der Waals surface area (Å²) in [6.45, 7) is 2.52. The van der Waals surface area contributed by atoms with Crippen LogP contribution in [-0.2, 0) is 24.1 Å². The summed E-state index contributed by atoms with van der Waals surface area (Å²) in [5.74, 6) is -0.692. The summed E-state index contributed by atoms with van der Waals surface area (Å²) in [4.78, 5) is 13.9. The third kappa shape index (κ3) is 5.72. The third-order valence-corrected chi connectivity index (χ3v) is 7.13. The quantitative estimate of drug-likeness (QED) is 0.241. The molecule has 0 aliphatic heterocycles. The van der Waals surface area contributed by atoms with Gasteiger partial charge in [-0.2, -0.15) is 5.10 Å². The van der Waals surface area contributed by atoms with Crippen molar-refractivity contribution in [1.82, 2.24) is 9.78 Å². The first-order valence-electron chi connectivity index (χ1n) is 10.8. The molecule has 174 valence electrons. The standard InChI is InChI=1S/C23H24ClFN4O2S2/c1-2-31-22(30)20-17-6-4-3-5-7-19(17)33-21(20)28-23(32)27-16-11-26-29(13-16)12-14-8-9-15(25)10-18(14)24/h8-11,13H,2-7,12H2,1H3,(H2,27,28,32). The predicted octanol–water partition coefficient (Wildman–Crippen LogP) is 6.04. The van der Waals surface area contributed by atoms with Gasteiger partial charge in [-0.05, 0) is 68.1 Å². The van der Waals surface area contributed by atoms with Gasteiger partial charge in [0.25, 0.3) is 0 Å². The van der Waals surface area contributed by atoms with E-state index in [1.165, 1.54) is 23.4 Å². The highest BCUT2D eigenvalue weighted by Gasteiger charge is 2.26. The Kier molecular flexibility index (Phi) is 7.62. The highest BCUT2D eigenvalue weighted by atomic mass is 35.5. The van der Waals surface area contributed by atoms with Gasteiger partial charge < -0.3 is 15.4 Å². The molecule has 4 rings (SSSR count). The number of aryl methyl sites for hydroxylation is 1. The van der Waals surface area contributed by atoms with Gasteiger partial charge in [-0.1, -0.05) is 24.1 Å².